The van der Waals surface area contributed by atoms with Crippen LogP contribution < -0.4 is 5.73 Å². The van der Waals surface area contributed by atoms with Crippen LogP contribution in [0.4, 0.5) is 8.78 Å². The van der Waals surface area contributed by atoms with Gasteiger partial charge in [0.2, 0.25) is 0 Å². The van der Waals surface area contributed by atoms with Gasteiger partial charge in [0.15, 0.2) is 0 Å². The van der Waals surface area contributed by atoms with Gasteiger partial charge in [0, 0.05) is 0 Å². The Morgan fingerprint density at radius 1 is 1.26 bits per heavy atom. The molecule has 0 bridgehead atoms. The van der Waals surface area contributed by atoms with Crippen molar-refractivity contribution < 1.29 is 8.78 Å². The van der Waals surface area contributed by atoms with E-state index in [1.165, 1.54) is 4.90 Å². The number of alkyl halides is 2. The van der Waals surface area contributed by atoms with Crippen molar-refractivity contribution in [2.24, 2.45) is 5.73 Å². The molecule has 19 heavy (non-hydrogen) atoms. The summed E-state index contributed by atoms with van der Waals surface area (Å²) < 4.78 is 25.5. The second-order valence-corrected chi connectivity index (χ2v) is 4.45. The molecule has 0 fully saturated rings. The van der Waals surface area contributed by atoms with Crippen molar-refractivity contribution in [3.8, 4) is 0 Å². The molecule has 2 N–H and O–H groups in total. The van der Waals surface area contributed by atoms with E-state index in [-0.39, 0.29) is 0 Å². The van der Waals surface area contributed by atoms with E-state index in [1.54, 1.807) is 6.08 Å². The van der Waals surface area contributed by atoms with Crippen molar-refractivity contribution in [1.82, 2.24) is 4.90 Å². The number of nitrogens with two attached hydrogens (primary N) is 1. The average Bonchev–Trinajstić information content (AvgIpc) is 2.36. The summed E-state index contributed by atoms with van der Waals surface area (Å²) in [5.41, 5.74) is 9.14. The molecular weight excluding hydrogens is 246 g/mol. The SMILES string of the molecule is C=C1C(N)=CC(C)=C(c2ccccc2)N1CC(F)F. The molecule has 2 rings (SSSR count). The van der Waals surface area contributed by atoms with Crippen LogP contribution in [0.25, 0.3) is 5.70 Å². The van der Waals surface area contributed by atoms with Crippen LogP contribution in [0.15, 0.2) is 60.0 Å². The zero-order valence-corrected chi connectivity index (χ0v) is 10.7. The molecule has 4 heteroatoms. The van der Waals surface area contributed by atoms with Crippen molar-refractivity contribution >= 4 is 5.70 Å². The molecule has 1 aromatic carbocycles. The van der Waals surface area contributed by atoms with Gasteiger partial charge in [-0.05, 0) is 24.1 Å². The Morgan fingerprint density at radius 3 is 2.47 bits per heavy atom. The second kappa shape index (κ2) is 5.26. The first-order valence-corrected chi connectivity index (χ1v) is 5.99. The number of rotatable bonds is 3. The Bertz CT molecular complexity index is 545. The minimum atomic E-state index is -2.45. The summed E-state index contributed by atoms with van der Waals surface area (Å²) in [6.45, 7) is 5.26. The maximum absolute atomic E-state index is 12.8. The Morgan fingerprint density at radius 2 is 1.89 bits per heavy atom. The minimum Gasteiger partial charge on any atom is -0.397 e. The van der Waals surface area contributed by atoms with Gasteiger partial charge in [0.05, 0.1) is 23.6 Å². The fraction of sp³-hybridized carbons (Fsp3) is 0.200. The highest BCUT2D eigenvalue weighted by atomic mass is 19.3. The highest BCUT2D eigenvalue weighted by Gasteiger charge is 2.25. The first-order chi connectivity index (χ1) is 9.00. The van der Waals surface area contributed by atoms with Crippen LogP contribution in [-0.2, 0) is 0 Å². The molecule has 0 radical (unpaired) electrons. The summed E-state index contributed by atoms with van der Waals surface area (Å²) in [6, 6.07) is 9.42. The third-order valence-corrected chi connectivity index (χ3v) is 3.04. The van der Waals surface area contributed by atoms with E-state index in [0.29, 0.717) is 11.4 Å². The summed E-state index contributed by atoms with van der Waals surface area (Å²) in [5, 5.41) is 0. The zero-order valence-electron chi connectivity index (χ0n) is 10.7. The van der Waals surface area contributed by atoms with Gasteiger partial charge in [-0.2, -0.15) is 0 Å². The Balaban J connectivity index is 2.51. The van der Waals surface area contributed by atoms with Gasteiger partial charge in [-0.25, -0.2) is 8.78 Å². The number of nitrogens with zero attached hydrogens (tertiary/aromatic N) is 1. The van der Waals surface area contributed by atoms with Gasteiger partial charge < -0.3 is 10.6 Å². The van der Waals surface area contributed by atoms with E-state index >= 15 is 0 Å². The second-order valence-electron chi connectivity index (χ2n) is 4.45. The van der Waals surface area contributed by atoms with Crippen LogP contribution in [0.3, 0.4) is 0 Å². The molecule has 0 atom stereocenters. The summed E-state index contributed by atoms with van der Waals surface area (Å²) in [5.74, 6) is 0. The van der Waals surface area contributed by atoms with E-state index in [1.807, 2.05) is 37.3 Å². The lowest BCUT2D eigenvalue weighted by molar-refractivity contribution is 0.123. The summed E-state index contributed by atoms with van der Waals surface area (Å²) in [6.07, 6.45) is -0.679. The molecule has 0 spiro atoms. The minimum absolute atomic E-state index is 0.408. The van der Waals surface area contributed by atoms with E-state index in [9.17, 15) is 8.78 Å². The first-order valence-electron chi connectivity index (χ1n) is 5.99. The van der Waals surface area contributed by atoms with Crippen molar-refractivity contribution in [1.29, 1.82) is 0 Å². The maximum Gasteiger partial charge on any atom is 0.256 e. The largest absolute Gasteiger partial charge is 0.397 e. The van der Waals surface area contributed by atoms with E-state index in [2.05, 4.69) is 6.58 Å². The van der Waals surface area contributed by atoms with Crippen LogP contribution >= 0.6 is 0 Å². The molecule has 0 aromatic heterocycles. The quantitative estimate of drug-likeness (QED) is 0.905. The average molecular weight is 262 g/mol. The summed E-state index contributed by atoms with van der Waals surface area (Å²) in [4.78, 5) is 1.49. The van der Waals surface area contributed by atoms with Crippen molar-refractivity contribution in [3.05, 3.63) is 65.5 Å². The van der Waals surface area contributed by atoms with Gasteiger partial charge in [0.25, 0.3) is 6.43 Å². The zero-order chi connectivity index (χ0) is 14.0. The third-order valence-electron chi connectivity index (χ3n) is 3.04. The van der Waals surface area contributed by atoms with Gasteiger partial charge in [-0.1, -0.05) is 36.9 Å². The smallest absolute Gasteiger partial charge is 0.256 e. The van der Waals surface area contributed by atoms with Crippen molar-refractivity contribution in [3.63, 3.8) is 0 Å². The molecule has 1 aliphatic rings. The summed E-state index contributed by atoms with van der Waals surface area (Å²) in [7, 11) is 0. The van der Waals surface area contributed by atoms with Crippen LogP contribution in [0.1, 0.15) is 12.5 Å². The molecule has 1 aliphatic heterocycles. The molecule has 0 amide bonds. The maximum atomic E-state index is 12.8. The Hall–Kier alpha value is -2.10. The van der Waals surface area contributed by atoms with Crippen LogP contribution in [-0.4, -0.2) is 17.9 Å². The van der Waals surface area contributed by atoms with Crippen LogP contribution in [0.5, 0.6) is 0 Å². The topological polar surface area (TPSA) is 29.3 Å². The predicted octanol–water partition coefficient (Wildman–Crippen LogP) is 3.35. The van der Waals surface area contributed by atoms with Crippen molar-refractivity contribution in [2.45, 2.75) is 13.3 Å². The molecule has 0 aliphatic carbocycles. The molecule has 1 heterocycles. The lowest BCUT2D eigenvalue weighted by Gasteiger charge is -2.33. The summed E-state index contributed by atoms with van der Waals surface area (Å²) >= 11 is 0. The number of allylic oxidation sites excluding steroid dienone is 2. The van der Waals surface area contributed by atoms with Crippen LogP contribution in [0, 0.1) is 0 Å². The normalized spacial score (nSPS) is 16.1. The fourth-order valence-electron chi connectivity index (χ4n) is 2.21. The molecule has 100 valence electrons. The highest BCUT2D eigenvalue weighted by molar-refractivity contribution is 5.73. The number of hydrogen-bond donors (Lipinski definition) is 1. The number of halogens is 2. The molecule has 0 saturated heterocycles. The van der Waals surface area contributed by atoms with Gasteiger partial charge in [-0.3, -0.25) is 0 Å². The highest BCUT2D eigenvalue weighted by Crippen LogP contribution is 2.33. The first kappa shape index (κ1) is 13.3. The molecule has 2 nitrogen and oxygen atoms in total. The van der Waals surface area contributed by atoms with Crippen molar-refractivity contribution in [2.75, 3.05) is 6.54 Å². The number of benzene rings is 1. The lowest BCUT2D eigenvalue weighted by Crippen LogP contribution is -2.32. The predicted molar refractivity (Wildman–Crippen MR) is 73.2 cm³/mol. The van der Waals surface area contributed by atoms with Gasteiger partial charge >= 0.3 is 0 Å². The number of hydrogen-bond acceptors (Lipinski definition) is 2. The van der Waals surface area contributed by atoms with Crippen LogP contribution in [0.2, 0.25) is 0 Å². The monoisotopic (exact) mass is 262 g/mol. The van der Waals surface area contributed by atoms with E-state index < -0.39 is 13.0 Å². The molecule has 0 saturated carbocycles. The Kier molecular flexibility index (Phi) is 3.69. The lowest BCUT2D eigenvalue weighted by atomic mass is 10.00. The van der Waals surface area contributed by atoms with E-state index in [0.717, 1.165) is 16.8 Å². The molecular formula is C15H16F2N2. The van der Waals surface area contributed by atoms with E-state index in [4.69, 9.17) is 5.73 Å². The third kappa shape index (κ3) is 2.67. The van der Waals surface area contributed by atoms with Gasteiger partial charge in [-0.15, -0.1) is 0 Å². The standard InChI is InChI=1S/C15H16F2N2/c1-10-8-13(18)11(2)19(9-14(16)17)15(10)12-6-4-3-5-7-12/h3-8,14H,2,9,18H2,1H3. The molecule has 1 aromatic rings. The Labute approximate surface area is 111 Å². The molecule has 0 unspecified atom stereocenters. The van der Waals surface area contributed by atoms with Gasteiger partial charge in [0.1, 0.15) is 0 Å². The fourth-order valence-corrected chi connectivity index (χ4v) is 2.21.